The maximum absolute atomic E-state index is 13.9. The zero-order valence-electron chi connectivity index (χ0n) is 15.8. The number of nitrogens with zero attached hydrogens (tertiary/aromatic N) is 1. The van der Waals surface area contributed by atoms with Crippen molar-refractivity contribution >= 4 is 10.0 Å². The van der Waals surface area contributed by atoms with Crippen molar-refractivity contribution < 1.29 is 26.5 Å². The van der Waals surface area contributed by atoms with Crippen LogP contribution >= 0.6 is 0 Å². The highest BCUT2D eigenvalue weighted by Gasteiger charge is 2.42. The standard InChI is InChI=1S/C19H24F2N2O4S/c1-3-28(24,25)23-17-8-9-19(20,21)11-15(17)12-26-16-6-4-14(5-7-16)18-10-13(2)27-22-18/h4-7,10,15,17,23H,3,8-9,11-12H2,1-2H3/t15-,17+/m1/s1. The summed E-state index contributed by atoms with van der Waals surface area (Å²) in [7, 11) is -3.47. The molecule has 0 radical (unpaired) electrons. The van der Waals surface area contributed by atoms with E-state index in [9.17, 15) is 17.2 Å². The van der Waals surface area contributed by atoms with E-state index >= 15 is 0 Å². The third kappa shape index (κ3) is 5.29. The van der Waals surface area contributed by atoms with Crippen LogP contribution in [0.15, 0.2) is 34.9 Å². The maximum atomic E-state index is 13.9. The molecule has 9 heteroatoms. The monoisotopic (exact) mass is 414 g/mol. The molecule has 0 unspecified atom stereocenters. The van der Waals surface area contributed by atoms with Gasteiger partial charge in [-0.15, -0.1) is 0 Å². The second-order valence-electron chi connectivity index (χ2n) is 7.14. The van der Waals surface area contributed by atoms with Crippen LogP contribution in [-0.4, -0.2) is 37.9 Å². The number of hydrogen-bond acceptors (Lipinski definition) is 5. The van der Waals surface area contributed by atoms with E-state index < -0.39 is 34.3 Å². The Hall–Kier alpha value is -2.00. The minimum atomic E-state index is -3.47. The van der Waals surface area contributed by atoms with E-state index in [1.807, 2.05) is 6.07 Å². The van der Waals surface area contributed by atoms with Crippen molar-refractivity contribution in [3.63, 3.8) is 0 Å². The Bertz CT molecular complexity index is 897. The van der Waals surface area contributed by atoms with Gasteiger partial charge in [-0.05, 0) is 44.5 Å². The van der Waals surface area contributed by atoms with Gasteiger partial charge in [-0.2, -0.15) is 0 Å². The molecule has 0 saturated heterocycles. The minimum absolute atomic E-state index is 0.00884. The quantitative estimate of drug-likeness (QED) is 0.746. The van der Waals surface area contributed by atoms with E-state index in [-0.39, 0.29) is 25.2 Å². The molecule has 1 aromatic heterocycles. The lowest BCUT2D eigenvalue weighted by Crippen LogP contribution is -2.48. The van der Waals surface area contributed by atoms with Gasteiger partial charge in [0.2, 0.25) is 15.9 Å². The number of aryl methyl sites for hydroxylation is 1. The van der Waals surface area contributed by atoms with Crippen molar-refractivity contribution in [3.05, 3.63) is 36.1 Å². The number of benzene rings is 1. The van der Waals surface area contributed by atoms with Crippen molar-refractivity contribution in [1.82, 2.24) is 9.88 Å². The number of hydrogen-bond donors (Lipinski definition) is 1. The highest BCUT2D eigenvalue weighted by Crippen LogP contribution is 2.37. The van der Waals surface area contributed by atoms with E-state index in [0.29, 0.717) is 17.2 Å². The highest BCUT2D eigenvalue weighted by molar-refractivity contribution is 7.89. The van der Waals surface area contributed by atoms with Gasteiger partial charge >= 0.3 is 0 Å². The maximum Gasteiger partial charge on any atom is 0.248 e. The van der Waals surface area contributed by atoms with Crippen molar-refractivity contribution in [2.24, 2.45) is 5.92 Å². The van der Waals surface area contributed by atoms with E-state index in [1.54, 1.807) is 31.2 Å². The fraction of sp³-hybridized carbons (Fsp3) is 0.526. The molecule has 0 bridgehead atoms. The lowest BCUT2D eigenvalue weighted by molar-refractivity contribution is -0.0660. The molecule has 154 valence electrons. The van der Waals surface area contributed by atoms with Crippen LogP contribution in [0, 0.1) is 12.8 Å². The summed E-state index contributed by atoms with van der Waals surface area (Å²) >= 11 is 0. The number of sulfonamides is 1. The molecule has 1 aromatic carbocycles. The summed E-state index contributed by atoms with van der Waals surface area (Å²) in [4.78, 5) is 0. The van der Waals surface area contributed by atoms with Crippen LogP contribution in [0.5, 0.6) is 5.75 Å². The predicted molar refractivity (Wildman–Crippen MR) is 101 cm³/mol. The van der Waals surface area contributed by atoms with Crippen LogP contribution in [0.2, 0.25) is 0 Å². The second-order valence-corrected chi connectivity index (χ2v) is 9.19. The molecule has 2 atom stereocenters. The van der Waals surface area contributed by atoms with Crippen molar-refractivity contribution in [3.8, 4) is 17.0 Å². The molecule has 2 aromatic rings. The summed E-state index contributed by atoms with van der Waals surface area (Å²) in [5.41, 5.74) is 1.55. The van der Waals surface area contributed by atoms with Gasteiger partial charge in [-0.1, -0.05) is 5.16 Å². The van der Waals surface area contributed by atoms with Gasteiger partial charge in [0.05, 0.1) is 12.4 Å². The zero-order chi connectivity index (χ0) is 20.4. The summed E-state index contributed by atoms with van der Waals surface area (Å²) in [6.07, 6.45) is -0.642. The third-order valence-corrected chi connectivity index (χ3v) is 6.33. The predicted octanol–water partition coefficient (Wildman–Crippen LogP) is 3.77. The average Bonchev–Trinajstić information content (AvgIpc) is 3.08. The largest absolute Gasteiger partial charge is 0.493 e. The van der Waals surface area contributed by atoms with Crippen molar-refractivity contribution in [2.75, 3.05) is 12.4 Å². The minimum Gasteiger partial charge on any atom is -0.493 e. The molecule has 6 nitrogen and oxygen atoms in total. The average molecular weight is 414 g/mol. The fourth-order valence-corrected chi connectivity index (χ4v) is 4.24. The first kappa shape index (κ1) is 20.7. The second kappa shape index (κ2) is 8.16. The Morgan fingerprint density at radius 2 is 2.04 bits per heavy atom. The molecule has 28 heavy (non-hydrogen) atoms. The van der Waals surface area contributed by atoms with E-state index in [0.717, 1.165) is 5.56 Å². The van der Waals surface area contributed by atoms with Crippen molar-refractivity contribution in [2.45, 2.75) is 45.1 Å². The van der Waals surface area contributed by atoms with Gasteiger partial charge in [-0.25, -0.2) is 21.9 Å². The van der Waals surface area contributed by atoms with Crippen LogP contribution in [0.1, 0.15) is 31.9 Å². The van der Waals surface area contributed by atoms with Gasteiger partial charge < -0.3 is 9.26 Å². The molecule has 0 spiro atoms. The van der Waals surface area contributed by atoms with Gasteiger partial charge in [0.1, 0.15) is 17.2 Å². The lowest BCUT2D eigenvalue weighted by atomic mass is 9.83. The van der Waals surface area contributed by atoms with Crippen LogP contribution in [0.25, 0.3) is 11.3 Å². The molecule has 0 amide bonds. The normalized spacial score (nSPS) is 22.1. The van der Waals surface area contributed by atoms with Crippen LogP contribution in [0.4, 0.5) is 8.78 Å². The molecule has 1 fully saturated rings. The number of alkyl halides is 2. The van der Waals surface area contributed by atoms with Gasteiger partial charge in [0.15, 0.2) is 0 Å². The Labute approximate surface area is 163 Å². The van der Waals surface area contributed by atoms with E-state index in [4.69, 9.17) is 9.26 Å². The molecule has 0 aliphatic heterocycles. The zero-order valence-corrected chi connectivity index (χ0v) is 16.6. The number of ether oxygens (including phenoxy) is 1. The Kier molecular flexibility index (Phi) is 6.04. The third-order valence-electron chi connectivity index (χ3n) is 4.90. The molecule has 1 heterocycles. The van der Waals surface area contributed by atoms with E-state index in [1.165, 1.54) is 6.92 Å². The molecular weight excluding hydrogens is 390 g/mol. The molecule has 1 N–H and O–H groups in total. The Balaban J connectivity index is 1.66. The fourth-order valence-electron chi connectivity index (χ4n) is 3.30. The SMILES string of the molecule is CCS(=O)(=O)N[C@H]1CCC(F)(F)C[C@@H]1COc1ccc(-c2cc(C)on2)cc1. The summed E-state index contributed by atoms with van der Waals surface area (Å²) in [5, 5.41) is 3.94. The highest BCUT2D eigenvalue weighted by atomic mass is 32.2. The summed E-state index contributed by atoms with van der Waals surface area (Å²) in [6.45, 7) is 3.33. The Morgan fingerprint density at radius 3 is 2.64 bits per heavy atom. The molecule has 1 aliphatic carbocycles. The van der Waals surface area contributed by atoms with Gasteiger partial charge in [0.25, 0.3) is 0 Å². The first-order valence-electron chi connectivity index (χ1n) is 9.22. The molecular formula is C19H24F2N2O4S. The summed E-state index contributed by atoms with van der Waals surface area (Å²) in [6, 6.07) is 8.32. The number of aromatic nitrogens is 1. The van der Waals surface area contributed by atoms with E-state index in [2.05, 4.69) is 9.88 Å². The smallest absolute Gasteiger partial charge is 0.248 e. The summed E-state index contributed by atoms with van der Waals surface area (Å²) < 4.78 is 64.8. The lowest BCUT2D eigenvalue weighted by Gasteiger charge is -2.36. The molecule has 3 rings (SSSR count). The van der Waals surface area contributed by atoms with Gasteiger partial charge in [-0.3, -0.25) is 0 Å². The number of halogens is 2. The topological polar surface area (TPSA) is 81.4 Å². The van der Waals surface area contributed by atoms with Crippen molar-refractivity contribution in [1.29, 1.82) is 0 Å². The van der Waals surface area contributed by atoms with Crippen LogP contribution in [-0.2, 0) is 10.0 Å². The van der Waals surface area contributed by atoms with Crippen LogP contribution < -0.4 is 9.46 Å². The number of nitrogens with one attached hydrogen (secondary N) is 1. The Morgan fingerprint density at radius 1 is 1.32 bits per heavy atom. The first-order valence-corrected chi connectivity index (χ1v) is 10.9. The number of rotatable bonds is 7. The van der Waals surface area contributed by atoms with Gasteiger partial charge in [0, 0.05) is 36.4 Å². The molecule has 1 aliphatic rings. The first-order chi connectivity index (χ1) is 13.2. The van der Waals surface area contributed by atoms with Crippen LogP contribution in [0.3, 0.4) is 0 Å². The summed E-state index contributed by atoms with van der Waals surface area (Å²) in [5.74, 6) is -2.28. The molecule has 1 saturated carbocycles.